The van der Waals surface area contributed by atoms with Crippen molar-refractivity contribution in [2.75, 3.05) is 13.7 Å². The molecule has 2 atom stereocenters. The predicted molar refractivity (Wildman–Crippen MR) is 107 cm³/mol. The number of esters is 1. The van der Waals surface area contributed by atoms with Crippen LogP contribution in [0.5, 0.6) is 0 Å². The van der Waals surface area contributed by atoms with Crippen molar-refractivity contribution in [3.8, 4) is 0 Å². The summed E-state index contributed by atoms with van der Waals surface area (Å²) in [5, 5.41) is 4.30. The van der Waals surface area contributed by atoms with Gasteiger partial charge in [-0.3, -0.25) is 4.79 Å². The Hall–Kier alpha value is -1.88. The number of benzene rings is 2. The average Bonchev–Trinajstić information content (AvgIpc) is 3.12. The van der Waals surface area contributed by atoms with Crippen LogP contribution in [0, 0.1) is 0 Å². The number of ether oxygens (including phenoxy) is 2. The van der Waals surface area contributed by atoms with Crippen molar-refractivity contribution in [1.82, 2.24) is 5.32 Å². The highest BCUT2D eigenvalue weighted by atomic mass is 35.5. The van der Waals surface area contributed by atoms with Crippen LogP contribution >= 0.6 is 11.6 Å². The summed E-state index contributed by atoms with van der Waals surface area (Å²) in [5.74, 6) is -0.155. The molecule has 144 valence electrons. The molecule has 5 heteroatoms. The van der Waals surface area contributed by atoms with Crippen LogP contribution in [-0.2, 0) is 26.5 Å². The lowest BCUT2D eigenvalue weighted by Crippen LogP contribution is -2.32. The first-order valence-corrected chi connectivity index (χ1v) is 9.73. The van der Waals surface area contributed by atoms with E-state index >= 15 is 0 Å². The van der Waals surface area contributed by atoms with Crippen molar-refractivity contribution >= 4 is 17.6 Å². The van der Waals surface area contributed by atoms with Crippen LogP contribution in [0.4, 0.5) is 0 Å². The molecule has 0 radical (unpaired) electrons. The normalized spacial score (nSPS) is 21.9. The molecule has 0 amide bonds. The Labute approximate surface area is 165 Å². The van der Waals surface area contributed by atoms with E-state index in [1.54, 1.807) is 0 Å². The molecule has 27 heavy (non-hydrogen) atoms. The summed E-state index contributed by atoms with van der Waals surface area (Å²) in [6.07, 6.45) is 3.04. The Balaban J connectivity index is 1.69. The zero-order chi connectivity index (χ0) is 19.1. The zero-order valence-electron chi connectivity index (χ0n) is 15.6. The molecular weight excluding hydrogens is 362 g/mol. The molecule has 0 aromatic heterocycles. The van der Waals surface area contributed by atoms with E-state index in [0.29, 0.717) is 19.1 Å². The van der Waals surface area contributed by atoms with Gasteiger partial charge in [0.1, 0.15) is 5.60 Å². The van der Waals surface area contributed by atoms with E-state index in [-0.39, 0.29) is 5.97 Å². The third kappa shape index (κ3) is 5.32. The van der Waals surface area contributed by atoms with Crippen molar-refractivity contribution in [3.05, 3.63) is 70.7 Å². The van der Waals surface area contributed by atoms with Gasteiger partial charge in [-0.25, -0.2) is 0 Å². The standard InChI is InChI=1S/C22H26ClNO3/c1-26-21(25)9-5-8-20-14-22(16-24-20,18-10-12-19(23)13-11-18)27-15-17-6-3-2-4-7-17/h2-4,6-7,10-13,20,24H,5,8-9,14-16H2,1H3. The molecular formula is C22H26ClNO3. The fraction of sp³-hybridized carbons (Fsp3) is 0.409. The van der Waals surface area contributed by atoms with Gasteiger partial charge in [-0.1, -0.05) is 54.1 Å². The number of halogens is 1. The van der Waals surface area contributed by atoms with Gasteiger partial charge in [-0.15, -0.1) is 0 Å². The van der Waals surface area contributed by atoms with Gasteiger partial charge in [0.2, 0.25) is 0 Å². The average molecular weight is 388 g/mol. The van der Waals surface area contributed by atoms with Gasteiger partial charge in [0.05, 0.1) is 13.7 Å². The first-order valence-electron chi connectivity index (χ1n) is 9.35. The Bertz CT molecular complexity index is 735. The highest BCUT2D eigenvalue weighted by Gasteiger charge is 2.41. The van der Waals surface area contributed by atoms with Crippen molar-refractivity contribution in [2.24, 2.45) is 0 Å². The Morgan fingerprint density at radius 2 is 1.93 bits per heavy atom. The minimum absolute atomic E-state index is 0.155. The lowest BCUT2D eigenvalue weighted by atomic mass is 9.89. The summed E-state index contributed by atoms with van der Waals surface area (Å²) in [5.41, 5.74) is 1.89. The van der Waals surface area contributed by atoms with Crippen LogP contribution < -0.4 is 5.32 Å². The smallest absolute Gasteiger partial charge is 0.305 e. The fourth-order valence-corrected chi connectivity index (χ4v) is 3.74. The zero-order valence-corrected chi connectivity index (χ0v) is 16.4. The van der Waals surface area contributed by atoms with E-state index in [0.717, 1.165) is 42.0 Å². The first-order chi connectivity index (χ1) is 13.1. The van der Waals surface area contributed by atoms with Gasteiger partial charge >= 0.3 is 5.97 Å². The summed E-state index contributed by atoms with van der Waals surface area (Å²) in [6, 6.07) is 18.4. The molecule has 1 heterocycles. The Kier molecular flexibility index (Phi) is 6.89. The maximum atomic E-state index is 11.3. The molecule has 0 bridgehead atoms. The predicted octanol–water partition coefficient (Wildman–Crippen LogP) is 4.46. The van der Waals surface area contributed by atoms with E-state index < -0.39 is 5.60 Å². The maximum Gasteiger partial charge on any atom is 0.305 e. The van der Waals surface area contributed by atoms with Gasteiger partial charge in [0.15, 0.2) is 0 Å². The van der Waals surface area contributed by atoms with Crippen molar-refractivity contribution in [2.45, 2.75) is 43.9 Å². The quantitative estimate of drug-likeness (QED) is 0.679. The molecule has 2 aromatic carbocycles. The van der Waals surface area contributed by atoms with Gasteiger partial charge in [-0.05, 0) is 42.5 Å². The van der Waals surface area contributed by atoms with Crippen molar-refractivity contribution < 1.29 is 14.3 Å². The Morgan fingerprint density at radius 1 is 1.19 bits per heavy atom. The number of carbonyl (C=O) groups excluding carboxylic acids is 1. The van der Waals surface area contributed by atoms with Crippen molar-refractivity contribution in [3.63, 3.8) is 0 Å². The van der Waals surface area contributed by atoms with E-state index in [9.17, 15) is 4.79 Å². The molecule has 0 spiro atoms. The molecule has 1 saturated heterocycles. The summed E-state index contributed by atoms with van der Waals surface area (Å²) >= 11 is 6.08. The molecule has 3 rings (SSSR count). The van der Waals surface area contributed by atoms with Gasteiger partial charge in [0.25, 0.3) is 0 Å². The number of methoxy groups -OCH3 is 1. The first kappa shape index (κ1) is 19.9. The van der Waals surface area contributed by atoms with E-state index in [2.05, 4.69) is 17.4 Å². The molecule has 1 aliphatic heterocycles. The molecule has 2 unspecified atom stereocenters. The second-order valence-electron chi connectivity index (χ2n) is 7.03. The number of hydrogen-bond donors (Lipinski definition) is 1. The summed E-state index contributed by atoms with van der Waals surface area (Å²) < 4.78 is 11.2. The Morgan fingerprint density at radius 3 is 2.63 bits per heavy atom. The summed E-state index contributed by atoms with van der Waals surface area (Å²) in [7, 11) is 1.43. The number of carbonyl (C=O) groups is 1. The molecule has 1 N–H and O–H groups in total. The van der Waals surface area contributed by atoms with E-state index in [1.165, 1.54) is 7.11 Å². The number of nitrogens with one attached hydrogen (secondary N) is 1. The topological polar surface area (TPSA) is 47.6 Å². The minimum Gasteiger partial charge on any atom is -0.469 e. The van der Waals surface area contributed by atoms with Crippen LogP contribution in [0.2, 0.25) is 5.02 Å². The highest BCUT2D eigenvalue weighted by molar-refractivity contribution is 6.30. The van der Waals surface area contributed by atoms with Gasteiger partial charge in [-0.2, -0.15) is 0 Å². The molecule has 0 saturated carbocycles. The summed E-state index contributed by atoms with van der Waals surface area (Å²) in [6.45, 7) is 1.30. The van der Waals surface area contributed by atoms with Gasteiger partial charge < -0.3 is 14.8 Å². The molecule has 4 nitrogen and oxygen atoms in total. The third-order valence-electron chi connectivity index (χ3n) is 5.14. The lowest BCUT2D eigenvalue weighted by molar-refractivity contribution is -0.140. The monoisotopic (exact) mass is 387 g/mol. The van der Waals surface area contributed by atoms with Crippen LogP contribution in [0.1, 0.15) is 36.8 Å². The van der Waals surface area contributed by atoms with Gasteiger partial charge in [0, 0.05) is 24.0 Å². The minimum atomic E-state index is -0.392. The van der Waals surface area contributed by atoms with Crippen LogP contribution in [-0.4, -0.2) is 25.7 Å². The number of hydrogen-bond acceptors (Lipinski definition) is 4. The van der Waals surface area contributed by atoms with Crippen LogP contribution in [0.25, 0.3) is 0 Å². The third-order valence-corrected chi connectivity index (χ3v) is 5.39. The highest BCUT2D eigenvalue weighted by Crippen LogP contribution is 2.37. The largest absolute Gasteiger partial charge is 0.469 e. The maximum absolute atomic E-state index is 11.3. The van der Waals surface area contributed by atoms with E-state index in [1.807, 2.05) is 42.5 Å². The molecule has 1 aliphatic rings. The fourth-order valence-electron chi connectivity index (χ4n) is 3.61. The number of rotatable bonds is 8. The van der Waals surface area contributed by atoms with E-state index in [4.69, 9.17) is 21.1 Å². The lowest BCUT2D eigenvalue weighted by Gasteiger charge is -2.30. The molecule has 2 aromatic rings. The second kappa shape index (κ2) is 9.36. The molecule has 0 aliphatic carbocycles. The van der Waals surface area contributed by atoms with Crippen LogP contribution in [0.15, 0.2) is 54.6 Å². The summed E-state index contributed by atoms with van der Waals surface area (Å²) in [4.78, 5) is 11.3. The van der Waals surface area contributed by atoms with Crippen LogP contribution in [0.3, 0.4) is 0 Å². The second-order valence-corrected chi connectivity index (χ2v) is 7.46. The van der Waals surface area contributed by atoms with Crippen molar-refractivity contribution in [1.29, 1.82) is 0 Å². The SMILES string of the molecule is COC(=O)CCCC1CC(OCc2ccccc2)(c2ccc(Cl)cc2)CN1. The molecule has 1 fully saturated rings.